The van der Waals surface area contributed by atoms with Crippen molar-refractivity contribution in [1.29, 1.82) is 0 Å². The van der Waals surface area contributed by atoms with Crippen LogP contribution in [0.4, 0.5) is 11.8 Å². The minimum absolute atomic E-state index is 0.156. The van der Waals surface area contributed by atoms with Crippen molar-refractivity contribution >= 4 is 11.8 Å². The molecule has 0 saturated heterocycles. The van der Waals surface area contributed by atoms with Crippen LogP contribution >= 0.6 is 0 Å². The molecule has 0 bridgehead atoms. The Kier molecular flexibility index (Phi) is 6.86. The van der Waals surface area contributed by atoms with Gasteiger partial charge in [-0.3, -0.25) is 0 Å². The molecule has 1 aromatic rings. The van der Waals surface area contributed by atoms with Crippen molar-refractivity contribution in [2.24, 2.45) is 5.84 Å². The number of nitrogens with zero attached hydrogens (tertiary/aromatic N) is 2. The van der Waals surface area contributed by atoms with Crippen LogP contribution in [0, 0.1) is 0 Å². The van der Waals surface area contributed by atoms with Crippen LogP contribution in [-0.2, 0) is 0 Å². The lowest BCUT2D eigenvalue weighted by atomic mass is 10.1. The predicted molar refractivity (Wildman–Crippen MR) is 73.1 cm³/mol. The summed E-state index contributed by atoms with van der Waals surface area (Å²) in [7, 11) is 0. The molecule has 0 atom stereocenters. The van der Waals surface area contributed by atoms with Crippen molar-refractivity contribution in [1.82, 2.24) is 9.97 Å². The molecule has 6 nitrogen and oxygen atoms in total. The van der Waals surface area contributed by atoms with Crippen LogP contribution in [0.3, 0.4) is 0 Å². The minimum Gasteiger partial charge on any atom is -0.477 e. The van der Waals surface area contributed by atoms with E-state index in [-0.39, 0.29) is 5.95 Å². The molecule has 0 aromatic carbocycles. The zero-order valence-electron chi connectivity index (χ0n) is 11.0. The van der Waals surface area contributed by atoms with E-state index in [0.717, 1.165) is 6.42 Å². The molecule has 0 aliphatic heterocycles. The van der Waals surface area contributed by atoms with Crippen molar-refractivity contribution < 1.29 is 4.74 Å². The van der Waals surface area contributed by atoms with Gasteiger partial charge in [0.1, 0.15) is 5.82 Å². The number of nitrogen functional groups attached to an aromatic ring is 2. The first kappa shape index (κ1) is 14.5. The first-order valence-electron chi connectivity index (χ1n) is 6.50. The van der Waals surface area contributed by atoms with Crippen molar-refractivity contribution in [2.75, 3.05) is 17.8 Å². The highest BCUT2D eigenvalue weighted by Crippen LogP contribution is 2.14. The molecule has 0 aliphatic carbocycles. The summed E-state index contributed by atoms with van der Waals surface area (Å²) in [5, 5.41) is 0. The molecule has 1 heterocycles. The molecule has 1 rings (SSSR count). The Morgan fingerprint density at radius 2 is 1.89 bits per heavy atom. The maximum Gasteiger partial charge on any atom is 0.225 e. The zero-order chi connectivity index (χ0) is 13.2. The van der Waals surface area contributed by atoms with Crippen molar-refractivity contribution in [3.8, 4) is 5.88 Å². The second kappa shape index (κ2) is 8.52. The maximum atomic E-state index is 5.52. The minimum atomic E-state index is 0.156. The maximum absolute atomic E-state index is 5.52. The summed E-state index contributed by atoms with van der Waals surface area (Å²) in [5.74, 6) is 6.34. The number of unbranched alkanes of at least 4 members (excludes halogenated alkanes) is 5. The number of hydrogen-bond acceptors (Lipinski definition) is 6. The van der Waals surface area contributed by atoms with E-state index in [1.807, 2.05) is 0 Å². The van der Waals surface area contributed by atoms with Gasteiger partial charge in [-0.15, -0.1) is 0 Å². The molecule has 0 unspecified atom stereocenters. The number of hydrazine groups is 1. The molecule has 18 heavy (non-hydrogen) atoms. The van der Waals surface area contributed by atoms with Gasteiger partial charge in [0.15, 0.2) is 0 Å². The van der Waals surface area contributed by atoms with Crippen LogP contribution in [0.25, 0.3) is 0 Å². The van der Waals surface area contributed by atoms with Gasteiger partial charge in [-0.1, -0.05) is 39.0 Å². The second-order valence-electron chi connectivity index (χ2n) is 4.21. The van der Waals surface area contributed by atoms with Crippen LogP contribution in [0.15, 0.2) is 6.07 Å². The zero-order valence-corrected chi connectivity index (χ0v) is 11.0. The van der Waals surface area contributed by atoms with Gasteiger partial charge >= 0.3 is 0 Å². The first-order chi connectivity index (χ1) is 8.76. The summed E-state index contributed by atoms with van der Waals surface area (Å²) < 4.78 is 5.51. The van der Waals surface area contributed by atoms with E-state index >= 15 is 0 Å². The fourth-order valence-corrected chi connectivity index (χ4v) is 1.65. The highest BCUT2D eigenvalue weighted by Gasteiger charge is 2.02. The van der Waals surface area contributed by atoms with E-state index in [1.165, 1.54) is 32.1 Å². The lowest BCUT2D eigenvalue weighted by Crippen LogP contribution is -2.11. The highest BCUT2D eigenvalue weighted by atomic mass is 16.5. The number of ether oxygens (including phenoxy) is 1. The fourth-order valence-electron chi connectivity index (χ4n) is 1.65. The fraction of sp³-hybridized carbons (Fsp3) is 0.667. The second-order valence-corrected chi connectivity index (χ2v) is 4.21. The smallest absolute Gasteiger partial charge is 0.225 e. The molecule has 0 amide bonds. The summed E-state index contributed by atoms with van der Waals surface area (Å²) >= 11 is 0. The van der Waals surface area contributed by atoms with Crippen LogP contribution in [0.2, 0.25) is 0 Å². The Hall–Kier alpha value is -1.56. The van der Waals surface area contributed by atoms with E-state index in [1.54, 1.807) is 6.07 Å². The number of rotatable bonds is 9. The van der Waals surface area contributed by atoms with Crippen LogP contribution in [0.5, 0.6) is 5.88 Å². The van der Waals surface area contributed by atoms with Gasteiger partial charge in [-0.05, 0) is 6.42 Å². The quantitative estimate of drug-likeness (QED) is 0.354. The Balaban J connectivity index is 2.20. The number of nitrogens with one attached hydrogen (secondary N) is 1. The molecular formula is C12H23N5O. The third-order valence-electron chi connectivity index (χ3n) is 2.62. The predicted octanol–water partition coefficient (Wildman–Crippen LogP) is 2.08. The summed E-state index contributed by atoms with van der Waals surface area (Å²) in [4.78, 5) is 7.86. The highest BCUT2D eigenvalue weighted by molar-refractivity contribution is 5.41. The largest absolute Gasteiger partial charge is 0.477 e. The average molecular weight is 253 g/mol. The van der Waals surface area contributed by atoms with Gasteiger partial charge in [0.2, 0.25) is 11.8 Å². The standard InChI is InChI=1S/C12H23N5O/c1-2-3-4-5-6-7-8-18-11-9-10(17-14)15-12(13)16-11/h9H,2-8,14H2,1H3,(H3,13,15,16,17). The Morgan fingerprint density at radius 1 is 1.17 bits per heavy atom. The molecular weight excluding hydrogens is 230 g/mol. The van der Waals surface area contributed by atoms with Gasteiger partial charge in [-0.25, -0.2) is 5.84 Å². The monoisotopic (exact) mass is 253 g/mol. The van der Waals surface area contributed by atoms with Crippen molar-refractivity contribution in [3.63, 3.8) is 0 Å². The Bertz CT molecular complexity index is 345. The summed E-state index contributed by atoms with van der Waals surface area (Å²) in [6.45, 7) is 2.86. The summed E-state index contributed by atoms with van der Waals surface area (Å²) in [5.41, 5.74) is 7.94. The summed E-state index contributed by atoms with van der Waals surface area (Å²) in [6.07, 6.45) is 7.36. The Labute approximate surface area is 108 Å². The molecule has 102 valence electrons. The van der Waals surface area contributed by atoms with E-state index < -0.39 is 0 Å². The molecule has 0 aliphatic rings. The van der Waals surface area contributed by atoms with Gasteiger partial charge in [-0.2, -0.15) is 9.97 Å². The van der Waals surface area contributed by atoms with Crippen molar-refractivity contribution in [2.45, 2.75) is 45.4 Å². The molecule has 0 spiro atoms. The normalized spacial score (nSPS) is 10.3. The van der Waals surface area contributed by atoms with Crippen LogP contribution in [0.1, 0.15) is 45.4 Å². The third-order valence-corrected chi connectivity index (χ3v) is 2.62. The van der Waals surface area contributed by atoms with E-state index in [0.29, 0.717) is 18.3 Å². The topological polar surface area (TPSA) is 99.1 Å². The molecule has 1 aromatic heterocycles. The number of anilines is 2. The van der Waals surface area contributed by atoms with Gasteiger partial charge in [0, 0.05) is 6.07 Å². The van der Waals surface area contributed by atoms with Crippen molar-refractivity contribution in [3.05, 3.63) is 6.07 Å². The van der Waals surface area contributed by atoms with E-state index in [2.05, 4.69) is 22.3 Å². The van der Waals surface area contributed by atoms with E-state index in [4.69, 9.17) is 16.3 Å². The molecule has 0 radical (unpaired) electrons. The van der Waals surface area contributed by atoms with Gasteiger partial charge < -0.3 is 15.9 Å². The molecule has 0 fully saturated rings. The number of aromatic nitrogens is 2. The van der Waals surface area contributed by atoms with Crippen LogP contribution < -0.4 is 21.7 Å². The van der Waals surface area contributed by atoms with Gasteiger partial charge in [0.05, 0.1) is 6.61 Å². The number of hydrogen-bond donors (Lipinski definition) is 3. The lowest BCUT2D eigenvalue weighted by Gasteiger charge is -2.07. The summed E-state index contributed by atoms with van der Waals surface area (Å²) in [6, 6.07) is 1.63. The molecule has 5 N–H and O–H groups in total. The van der Waals surface area contributed by atoms with Gasteiger partial charge in [0.25, 0.3) is 0 Å². The van der Waals surface area contributed by atoms with E-state index in [9.17, 15) is 0 Å². The number of nitrogens with two attached hydrogens (primary N) is 2. The third kappa shape index (κ3) is 5.67. The molecule has 6 heteroatoms. The SMILES string of the molecule is CCCCCCCCOc1cc(NN)nc(N)n1. The van der Waals surface area contributed by atoms with Crippen LogP contribution in [-0.4, -0.2) is 16.6 Å². The lowest BCUT2D eigenvalue weighted by molar-refractivity contribution is 0.293. The first-order valence-corrected chi connectivity index (χ1v) is 6.50. The Morgan fingerprint density at radius 3 is 2.61 bits per heavy atom. The average Bonchev–Trinajstić information content (AvgIpc) is 2.37. The molecule has 0 saturated carbocycles.